The molecular formula is C27H40N4O3. The zero-order chi connectivity index (χ0) is 24.7. The van der Waals surface area contributed by atoms with Crippen LogP contribution in [0.3, 0.4) is 0 Å². The minimum atomic E-state index is -0.556. The van der Waals surface area contributed by atoms with E-state index in [-0.39, 0.29) is 35.1 Å². The Morgan fingerprint density at radius 3 is 2.29 bits per heavy atom. The Morgan fingerprint density at radius 1 is 1.06 bits per heavy atom. The maximum atomic E-state index is 13.6. The molecule has 0 radical (unpaired) electrons. The summed E-state index contributed by atoms with van der Waals surface area (Å²) in [6, 6.07) is 7.58. The van der Waals surface area contributed by atoms with Crippen LogP contribution in [0.1, 0.15) is 65.9 Å². The summed E-state index contributed by atoms with van der Waals surface area (Å²) in [5, 5.41) is 6.38. The molecule has 4 rings (SSSR count). The number of likely N-dealkylation sites (tertiary alicyclic amines) is 1. The van der Waals surface area contributed by atoms with Gasteiger partial charge in [-0.25, -0.2) is 0 Å². The Balaban J connectivity index is 1.43. The molecule has 3 aliphatic heterocycles. The third-order valence-corrected chi connectivity index (χ3v) is 7.84. The second-order valence-corrected chi connectivity index (χ2v) is 11.7. The molecule has 3 heterocycles. The summed E-state index contributed by atoms with van der Waals surface area (Å²) in [7, 11) is 0. The Hall–Kier alpha value is -2.41. The van der Waals surface area contributed by atoms with Crippen LogP contribution >= 0.6 is 0 Å². The van der Waals surface area contributed by atoms with Crippen molar-refractivity contribution in [3.05, 3.63) is 29.8 Å². The number of rotatable bonds is 4. The second-order valence-electron chi connectivity index (χ2n) is 11.7. The fourth-order valence-corrected chi connectivity index (χ4v) is 5.62. The van der Waals surface area contributed by atoms with Gasteiger partial charge in [-0.15, -0.1) is 0 Å². The van der Waals surface area contributed by atoms with E-state index in [0.717, 1.165) is 50.0 Å². The van der Waals surface area contributed by atoms with Gasteiger partial charge in [0.2, 0.25) is 17.7 Å². The van der Waals surface area contributed by atoms with Gasteiger partial charge in [-0.2, -0.15) is 0 Å². The van der Waals surface area contributed by atoms with E-state index in [1.807, 2.05) is 68.7 Å². The van der Waals surface area contributed by atoms with E-state index < -0.39 is 11.5 Å². The van der Waals surface area contributed by atoms with Crippen molar-refractivity contribution in [2.24, 2.45) is 11.3 Å². The van der Waals surface area contributed by atoms with E-state index in [1.54, 1.807) is 0 Å². The Kier molecular flexibility index (Phi) is 6.78. The van der Waals surface area contributed by atoms with Crippen LogP contribution < -0.4 is 15.5 Å². The van der Waals surface area contributed by atoms with Crippen molar-refractivity contribution in [2.45, 2.75) is 77.8 Å². The predicted molar refractivity (Wildman–Crippen MR) is 134 cm³/mol. The molecule has 0 aliphatic carbocycles. The van der Waals surface area contributed by atoms with Gasteiger partial charge >= 0.3 is 0 Å². The Bertz CT molecular complexity index is 937. The van der Waals surface area contributed by atoms with Crippen molar-refractivity contribution < 1.29 is 14.4 Å². The van der Waals surface area contributed by atoms with Gasteiger partial charge in [-0.1, -0.05) is 39.0 Å². The van der Waals surface area contributed by atoms with E-state index in [2.05, 4.69) is 10.6 Å². The number of hydrogen-bond acceptors (Lipinski definition) is 4. The monoisotopic (exact) mass is 468 g/mol. The molecule has 3 aliphatic rings. The van der Waals surface area contributed by atoms with Crippen LogP contribution in [0.25, 0.3) is 0 Å². The first-order chi connectivity index (χ1) is 16.0. The van der Waals surface area contributed by atoms with Crippen molar-refractivity contribution in [3.63, 3.8) is 0 Å². The number of piperidine rings is 2. The summed E-state index contributed by atoms with van der Waals surface area (Å²) in [5.74, 6) is 0.0855. The lowest BCUT2D eigenvalue weighted by Gasteiger charge is -2.41. The Morgan fingerprint density at radius 2 is 1.68 bits per heavy atom. The number of para-hydroxylation sites is 1. The molecule has 2 saturated heterocycles. The van der Waals surface area contributed by atoms with Crippen LogP contribution in [0.15, 0.2) is 24.3 Å². The quantitative estimate of drug-likeness (QED) is 0.712. The molecule has 0 bridgehead atoms. The predicted octanol–water partition coefficient (Wildman–Crippen LogP) is 2.83. The summed E-state index contributed by atoms with van der Waals surface area (Å²) in [6.07, 6.45) is 3.09. The summed E-state index contributed by atoms with van der Waals surface area (Å²) in [4.78, 5) is 43.7. The second kappa shape index (κ2) is 9.33. The number of carbonyl (C=O) groups is 3. The van der Waals surface area contributed by atoms with Crippen molar-refractivity contribution in [1.29, 1.82) is 0 Å². The number of anilines is 1. The number of amides is 3. The molecule has 0 spiro atoms. The molecule has 7 heteroatoms. The number of nitrogens with zero attached hydrogens (tertiary/aromatic N) is 2. The van der Waals surface area contributed by atoms with Crippen molar-refractivity contribution in [3.8, 4) is 0 Å². The standard InChI is InChI=1S/C27H40N4O3/c1-26(2,3)22(29-23(32)18-10-14-28-15-11-18)24(33)30-16-12-19(13-17-30)31-21-9-7-6-8-20(21)27(4,5)25(31)34/h6-9,18-19,22,28H,10-17H2,1-5H3,(H,29,32). The summed E-state index contributed by atoms with van der Waals surface area (Å²) < 4.78 is 0. The van der Waals surface area contributed by atoms with E-state index in [0.29, 0.717) is 13.1 Å². The molecule has 2 fully saturated rings. The highest BCUT2D eigenvalue weighted by Crippen LogP contribution is 2.43. The van der Waals surface area contributed by atoms with Crippen LogP contribution in [0.4, 0.5) is 5.69 Å². The molecule has 3 amide bonds. The van der Waals surface area contributed by atoms with Gasteiger partial charge in [0.1, 0.15) is 6.04 Å². The minimum Gasteiger partial charge on any atom is -0.344 e. The van der Waals surface area contributed by atoms with Crippen LogP contribution in [-0.4, -0.2) is 60.9 Å². The molecule has 2 N–H and O–H groups in total. The fourth-order valence-electron chi connectivity index (χ4n) is 5.62. The van der Waals surface area contributed by atoms with Gasteiger partial charge in [-0.05, 0) is 69.7 Å². The third-order valence-electron chi connectivity index (χ3n) is 7.84. The molecule has 0 aromatic heterocycles. The highest BCUT2D eigenvalue weighted by Gasteiger charge is 2.47. The first-order valence-corrected chi connectivity index (χ1v) is 12.7. The molecule has 0 saturated carbocycles. The average molecular weight is 469 g/mol. The first-order valence-electron chi connectivity index (χ1n) is 12.7. The lowest BCUT2D eigenvalue weighted by Crippen LogP contribution is -2.58. The molecular weight excluding hydrogens is 428 g/mol. The summed E-state index contributed by atoms with van der Waals surface area (Å²) in [5.41, 5.74) is 1.17. The van der Waals surface area contributed by atoms with Crippen LogP contribution in [0.5, 0.6) is 0 Å². The lowest BCUT2D eigenvalue weighted by molar-refractivity contribution is -0.141. The van der Waals surface area contributed by atoms with Gasteiger partial charge in [0.05, 0.1) is 5.41 Å². The van der Waals surface area contributed by atoms with E-state index in [9.17, 15) is 14.4 Å². The summed E-state index contributed by atoms with van der Waals surface area (Å²) >= 11 is 0. The molecule has 7 nitrogen and oxygen atoms in total. The van der Waals surface area contributed by atoms with Crippen molar-refractivity contribution >= 4 is 23.4 Å². The molecule has 1 aromatic rings. The van der Waals surface area contributed by atoms with E-state index in [4.69, 9.17) is 0 Å². The van der Waals surface area contributed by atoms with Crippen LogP contribution in [-0.2, 0) is 19.8 Å². The molecule has 34 heavy (non-hydrogen) atoms. The highest BCUT2D eigenvalue weighted by atomic mass is 16.2. The number of hydrogen-bond donors (Lipinski definition) is 2. The van der Waals surface area contributed by atoms with E-state index in [1.165, 1.54) is 0 Å². The third kappa shape index (κ3) is 4.59. The topological polar surface area (TPSA) is 81.8 Å². The van der Waals surface area contributed by atoms with Crippen LogP contribution in [0.2, 0.25) is 0 Å². The normalized spacial score (nSPS) is 22.4. The van der Waals surface area contributed by atoms with E-state index >= 15 is 0 Å². The molecule has 1 aromatic carbocycles. The van der Waals surface area contributed by atoms with Gasteiger partial charge in [-0.3, -0.25) is 14.4 Å². The van der Waals surface area contributed by atoms with Gasteiger partial charge in [0, 0.05) is 30.7 Å². The number of fused-ring (bicyclic) bond motifs is 1. The van der Waals surface area contributed by atoms with Crippen molar-refractivity contribution in [2.75, 3.05) is 31.1 Å². The maximum Gasteiger partial charge on any atom is 0.245 e. The van der Waals surface area contributed by atoms with Gasteiger partial charge in [0.25, 0.3) is 0 Å². The van der Waals surface area contributed by atoms with Gasteiger partial charge < -0.3 is 20.4 Å². The molecule has 186 valence electrons. The zero-order valence-corrected chi connectivity index (χ0v) is 21.3. The zero-order valence-electron chi connectivity index (χ0n) is 21.3. The maximum absolute atomic E-state index is 13.6. The molecule has 1 atom stereocenters. The number of nitrogens with one attached hydrogen (secondary N) is 2. The largest absolute Gasteiger partial charge is 0.344 e. The van der Waals surface area contributed by atoms with Crippen LogP contribution in [0, 0.1) is 11.3 Å². The fraction of sp³-hybridized carbons (Fsp3) is 0.667. The lowest BCUT2D eigenvalue weighted by atomic mass is 9.84. The SMILES string of the molecule is CC1(C)C(=O)N(C2CCN(C(=O)C(NC(=O)C3CCNCC3)C(C)(C)C)CC2)c2ccccc21. The number of carbonyl (C=O) groups excluding carboxylic acids is 3. The minimum absolute atomic E-state index is 0.00818. The smallest absolute Gasteiger partial charge is 0.245 e. The number of benzene rings is 1. The highest BCUT2D eigenvalue weighted by molar-refractivity contribution is 6.08. The Labute approximate surface area is 203 Å². The van der Waals surface area contributed by atoms with Crippen molar-refractivity contribution in [1.82, 2.24) is 15.5 Å². The average Bonchev–Trinajstić information content (AvgIpc) is 3.02. The van der Waals surface area contributed by atoms with Gasteiger partial charge in [0.15, 0.2) is 0 Å². The molecule has 1 unspecified atom stereocenters. The first kappa shape index (κ1) is 24.7. The summed E-state index contributed by atoms with van der Waals surface area (Å²) in [6.45, 7) is 12.9.